The number of hydrogen-bond donors (Lipinski definition) is 2. The van der Waals surface area contributed by atoms with E-state index in [1.807, 2.05) is 0 Å². The number of rotatable bonds is 5. The summed E-state index contributed by atoms with van der Waals surface area (Å²) in [5.41, 5.74) is 0.601. The Labute approximate surface area is 106 Å². The molecule has 0 aliphatic carbocycles. The van der Waals surface area contributed by atoms with Crippen LogP contribution in [-0.4, -0.2) is 25.2 Å². The lowest BCUT2D eigenvalue weighted by molar-refractivity contribution is -0.121. The van der Waals surface area contributed by atoms with Gasteiger partial charge >= 0.3 is 0 Å². The van der Waals surface area contributed by atoms with Gasteiger partial charge in [0.1, 0.15) is 5.75 Å². The molecule has 1 aromatic rings. The predicted octanol–water partition coefficient (Wildman–Crippen LogP) is 1.91. The zero-order chi connectivity index (χ0) is 12.8. The number of nitrogens with one attached hydrogen (secondary N) is 1. The second kappa shape index (κ2) is 6.47. The third-order valence-electron chi connectivity index (χ3n) is 2.47. The smallest absolute Gasteiger partial charge is 0.219 e. The lowest BCUT2D eigenvalue weighted by atomic mass is 10.0. The lowest BCUT2D eigenvalue weighted by Crippen LogP contribution is -2.18. The lowest BCUT2D eigenvalue weighted by Gasteiger charge is -2.14. The maximum absolute atomic E-state index is 11.1. The van der Waals surface area contributed by atoms with E-state index < -0.39 is 6.10 Å². The average molecular weight is 258 g/mol. The fourth-order valence-corrected chi connectivity index (χ4v) is 1.69. The minimum atomic E-state index is -0.763. The molecule has 0 saturated carbocycles. The van der Waals surface area contributed by atoms with Gasteiger partial charge < -0.3 is 15.2 Å². The van der Waals surface area contributed by atoms with Gasteiger partial charge in [-0.1, -0.05) is 11.6 Å². The molecule has 0 spiro atoms. The first-order chi connectivity index (χ1) is 8.08. The minimum absolute atomic E-state index is 0.106. The summed E-state index contributed by atoms with van der Waals surface area (Å²) in [6.45, 7) is 0. The number of methoxy groups -OCH3 is 1. The molecule has 1 rings (SSSR count). The first-order valence-electron chi connectivity index (χ1n) is 5.30. The summed E-state index contributed by atoms with van der Waals surface area (Å²) in [7, 11) is 3.09. The zero-order valence-electron chi connectivity index (χ0n) is 9.87. The van der Waals surface area contributed by atoms with Gasteiger partial charge in [-0.15, -0.1) is 0 Å². The van der Waals surface area contributed by atoms with Crippen molar-refractivity contribution in [2.24, 2.45) is 0 Å². The molecule has 0 aromatic heterocycles. The summed E-state index contributed by atoms with van der Waals surface area (Å²) in [6, 6.07) is 5.03. The number of carbonyl (C=O) groups is 1. The molecule has 17 heavy (non-hydrogen) atoms. The van der Waals surface area contributed by atoms with Crippen molar-refractivity contribution in [1.29, 1.82) is 0 Å². The van der Waals surface area contributed by atoms with E-state index in [0.717, 1.165) is 0 Å². The van der Waals surface area contributed by atoms with Crippen LogP contribution in [0.15, 0.2) is 18.2 Å². The molecule has 0 heterocycles. The molecule has 94 valence electrons. The minimum Gasteiger partial charge on any atom is -0.496 e. The monoisotopic (exact) mass is 257 g/mol. The van der Waals surface area contributed by atoms with E-state index in [-0.39, 0.29) is 12.3 Å². The van der Waals surface area contributed by atoms with Crippen LogP contribution in [0.2, 0.25) is 5.02 Å². The zero-order valence-corrected chi connectivity index (χ0v) is 10.6. The quantitative estimate of drug-likeness (QED) is 0.847. The Balaban J connectivity index is 2.76. The van der Waals surface area contributed by atoms with Crippen molar-refractivity contribution in [3.05, 3.63) is 28.8 Å². The van der Waals surface area contributed by atoms with E-state index in [0.29, 0.717) is 22.8 Å². The number of hydrogen-bond acceptors (Lipinski definition) is 3. The molecule has 4 nitrogen and oxygen atoms in total. The molecular weight excluding hydrogens is 242 g/mol. The van der Waals surface area contributed by atoms with Gasteiger partial charge in [0, 0.05) is 24.1 Å². The van der Waals surface area contributed by atoms with Gasteiger partial charge in [0.25, 0.3) is 0 Å². The summed E-state index contributed by atoms with van der Waals surface area (Å²) in [5.74, 6) is 0.462. The molecule has 0 aliphatic rings. The first kappa shape index (κ1) is 13.8. The van der Waals surface area contributed by atoms with Crippen LogP contribution in [0.25, 0.3) is 0 Å². The summed E-state index contributed by atoms with van der Waals surface area (Å²) in [4.78, 5) is 11.1. The second-order valence-corrected chi connectivity index (χ2v) is 4.05. The van der Waals surface area contributed by atoms with Crippen molar-refractivity contribution in [3.63, 3.8) is 0 Å². The SMILES string of the molecule is CNC(=O)CCC(O)c1cc(Cl)ccc1OC. The Kier molecular flexibility index (Phi) is 5.25. The van der Waals surface area contributed by atoms with Crippen LogP contribution in [0.1, 0.15) is 24.5 Å². The Morgan fingerprint density at radius 3 is 2.88 bits per heavy atom. The number of aliphatic hydroxyl groups is 1. The maximum atomic E-state index is 11.1. The highest BCUT2D eigenvalue weighted by Crippen LogP contribution is 2.30. The van der Waals surface area contributed by atoms with Crippen LogP contribution < -0.4 is 10.1 Å². The Morgan fingerprint density at radius 1 is 1.59 bits per heavy atom. The Hall–Kier alpha value is -1.26. The highest BCUT2D eigenvalue weighted by atomic mass is 35.5. The molecule has 2 N–H and O–H groups in total. The molecule has 0 saturated heterocycles. The molecule has 1 unspecified atom stereocenters. The van der Waals surface area contributed by atoms with Crippen molar-refractivity contribution in [2.75, 3.05) is 14.2 Å². The highest BCUT2D eigenvalue weighted by Gasteiger charge is 2.15. The second-order valence-electron chi connectivity index (χ2n) is 3.61. The Bertz CT molecular complexity index is 395. The van der Waals surface area contributed by atoms with Gasteiger partial charge in [0.2, 0.25) is 5.91 Å². The van der Waals surface area contributed by atoms with Crippen LogP contribution in [0.4, 0.5) is 0 Å². The van der Waals surface area contributed by atoms with Crippen molar-refractivity contribution >= 4 is 17.5 Å². The van der Waals surface area contributed by atoms with E-state index in [2.05, 4.69) is 5.32 Å². The standard InChI is InChI=1S/C12H16ClNO3/c1-14-12(16)6-4-10(15)9-7-8(13)3-5-11(9)17-2/h3,5,7,10,15H,4,6H2,1-2H3,(H,14,16). The van der Waals surface area contributed by atoms with Gasteiger partial charge in [-0.3, -0.25) is 4.79 Å². The maximum Gasteiger partial charge on any atom is 0.219 e. The van der Waals surface area contributed by atoms with Gasteiger partial charge in [-0.05, 0) is 24.6 Å². The highest BCUT2D eigenvalue weighted by molar-refractivity contribution is 6.30. The molecule has 0 bridgehead atoms. The van der Waals surface area contributed by atoms with Gasteiger partial charge in [-0.25, -0.2) is 0 Å². The van der Waals surface area contributed by atoms with Crippen LogP contribution >= 0.6 is 11.6 Å². The number of halogens is 1. The molecular formula is C12H16ClNO3. The molecule has 0 radical (unpaired) electrons. The fraction of sp³-hybridized carbons (Fsp3) is 0.417. The third-order valence-corrected chi connectivity index (χ3v) is 2.71. The van der Waals surface area contributed by atoms with Crippen LogP contribution in [0, 0.1) is 0 Å². The largest absolute Gasteiger partial charge is 0.496 e. The van der Waals surface area contributed by atoms with E-state index >= 15 is 0 Å². The molecule has 1 aromatic carbocycles. The van der Waals surface area contributed by atoms with Gasteiger partial charge in [0.05, 0.1) is 13.2 Å². The Morgan fingerprint density at radius 2 is 2.29 bits per heavy atom. The summed E-state index contributed by atoms with van der Waals surface area (Å²) in [6.07, 6.45) is -0.176. The predicted molar refractivity (Wildman–Crippen MR) is 66.3 cm³/mol. The van der Waals surface area contributed by atoms with Crippen molar-refractivity contribution in [1.82, 2.24) is 5.32 Å². The molecule has 5 heteroatoms. The first-order valence-corrected chi connectivity index (χ1v) is 5.68. The number of aliphatic hydroxyl groups excluding tert-OH is 1. The number of ether oxygens (including phenoxy) is 1. The van der Waals surface area contributed by atoms with Crippen molar-refractivity contribution in [3.8, 4) is 5.75 Å². The summed E-state index contributed by atoms with van der Waals surface area (Å²) < 4.78 is 5.14. The number of carbonyl (C=O) groups excluding carboxylic acids is 1. The average Bonchev–Trinajstić information content (AvgIpc) is 2.35. The van der Waals surface area contributed by atoms with E-state index in [9.17, 15) is 9.90 Å². The molecule has 0 aliphatic heterocycles. The van der Waals surface area contributed by atoms with Gasteiger partial charge in [0.15, 0.2) is 0 Å². The van der Waals surface area contributed by atoms with Crippen LogP contribution in [0.3, 0.4) is 0 Å². The number of amides is 1. The molecule has 1 atom stereocenters. The normalized spacial score (nSPS) is 12.0. The van der Waals surface area contributed by atoms with Crippen LogP contribution in [0.5, 0.6) is 5.75 Å². The summed E-state index contributed by atoms with van der Waals surface area (Å²) >= 11 is 5.86. The topological polar surface area (TPSA) is 58.6 Å². The van der Waals surface area contributed by atoms with Crippen LogP contribution in [-0.2, 0) is 4.79 Å². The number of benzene rings is 1. The molecule has 1 amide bonds. The van der Waals surface area contributed by atoms with Crippen molar-refractivity contribution < 1.29 is 14.6 Å². The van der Waals surface area contributed by atoms with E-state index in [1.165, 1.54) is 7.11 Å². The molecule has 0 fully saturated rings. The summed E-state index contributed by atoms with van der Waals surface area (Å²) in [5, 5.41) is 13.0. The van der Waals surface area contributed by atoms with E-state index in [4.69, 9.17) is 16.3 Å². The third kappa shape index (κ3) is 3.91. The van der Waals surface area contributed by atoms with Gasteiger partial charge in [-0.2, -0.15) is 0 Å². The fourth-order valence-electron chi connectivity index (χ4n) is 1.51. The van der Waals surface area contributed by atoms with E-state index in [1.54, 1.807) is 25.2 Å². The van der Waals surface area contributed by atoms with Crippen molar-refractivity contribution in [2.45, 2.75) is 18.9 Å².